The summed E-state index contributed by atoms with van der Waals surface area (Å²) in [6, 6.07) is 1.85. The number of rotatable bonds is 3. The predicted molar refractivity (Wildman–Crippen MR) is 49.2 cm³/mol. The van der Waals surface area contributed by atoms with E-state index >= 15 is 0 Å². The van der Waals surface area contributed by atoms with Crippen molar-refractivity contribution in [1.29, 1.82) is 0 Å². The summed E-state index contributed by atoms with van der Waals surface area (Å²) in [5.41, 5.74) is 6.67. The summed E-state index contributed by atoms with van der Waals surface area (Å²) < 4.78 is 5.39. The molecule has 0 atom stereocenters. The van der Waals surface area contributed by atoms with Crippen LogP contribution in [0.1, 0.15) is 19.4 Å². The maximum Gasteiger partial charge on any atom is 0.130 e. The molecule has 0 spiro atoms. The van der Waals surface area contributed by atoms with Crippen molar-refractivity contribution in [2.24, 2.45) is 0 Å². The highest BCUT2D eigenvalue weighted by molar-refractivity contribution is 5.48. The Bertz CT molecular complexity index is 261. The fourth-order valence-corrected chi connectivity index (χ4v) is 1.14. The molecule has 1 heterocycles. The lowest BCUT2D eigenvalue weighted by Crippen LogP contribution is -2.01. The number of nitrogens with zero attached hydrogens (tertiary/aromatic N) is 1. The van der Waals surface area contributed by atoms with Gasteiger partial charge in [0.1, 0.15) is 11.6 Å². The van der Waals surface area contributed by atoms with Gasteiger partial charge >= 0.3 is 0 Å². The summed E-state index contributed by atoms with van der Waals surface area (Å²) in [6.07, 6.45) is 2.52. The first-order valence-electron chi connectivity index (χ1n) is 4.15. The lowest BCUT2D eigenvalue weighted by Gasteiger charge is -2.09. The van der Waals surface area contributed by atoms with Gasteiger partial charge in [0.05, 0.1) is 6.61 Å². The fourth-order valence-electron chi connectivity index (χ4n) is 1.14. The highest BCUT2D eigenvalue weighted by atomic mass is 16.5. The van der Waals surface area contributed by atoms with Crippen LogP contribution in [0.15, 0.2) is 12.3 Å². The van der Waals surface area contributed by atoms with E-state index in [4.69, 9.17) is 10.5 Å². The Kier molecular flexibility index (Phi) is 2.91. The van der Waals surface area contributed by atoms with Gasteiger partial charge in [-0.3, -0.25) is 0 Å². The molecule has 0 aromatic carbocycles. The lowest BCUT2D eigenvalue weighted by atomic mass is 10.2. The van der Waals surface area contributed by atoms with E-state index in [-0.39, 0.29) is 0 Å². The van der Waals surface area contributed by atoms with Crippen LogP contribution in [-0.2, 0) is 6.42 Å². The van der Waals surface area contributed by atoms with Crippen molar-refractivity contribution >= 4 is 5.82 Å². The molecule has 2 N–H and O–H groups in total. The number of pyridine rings is 1. The Morgan fingerprint density at radius 1 is 1.50 bits per heavy atom. The summed E-state index contributed by atoms with van der Waals surface area (Å²) in [4.78, 5) is 3.99. The Morgan fingerprint density at radius 2 is 2.25 bits per heavy atom. The molecule has 66 valence electrons. The maximum atomic E-state index is 5.67. The highest BCUT2D eigenvalue weighted by Gasteiger charge is 2.04. The summed E-state index contributed by atoms with van der Waals surface area (Å²) in [5, 5.41) is 0. The van der Waals surface area contributed by atoms with Gasteiger partial charge in [0, 0.05) is 11.8 Å². The fraction of sp³-hybridized carbons (Fsp3) is 0.444. The molecule has 3 heteroatoms. The average Bonchev–Trinajstić information content (AvgIpc) is 2.05. The Balaban J connectivity index is 3.00. The van der Waals surface area contributed by atoms with E-state index in [0.717, 1.165) is 17.7 Å². The second kappa shape index (κ2) is 3.95. The minimum atomic E-state index is 0.573. The molecule has 0 aliphatic rings. The molecule has 0 aliphatic heterocycles. The topological polar surface area (TPSA) is 48.1 Å². The first kappa shape index (κ1) is 8.84. The summed E-state index contributed by atoms with van der Waals surface area (Å²) in [5.74, 6) is 1.43. The van der Waals surface area contributed by atoms with Crippen molar-refractivity contribution in [3.8, 4) is 5.75 Å². The monoisotopic (exact) mass is 166 g/mol. The molecule has 0 unspecified atom stereocenters. The van der Waals surface area contributed by atoms with E-state index in [2.05, 4.69) is 4.98 Å². The molecule has 0 amide bonds. The van der Waals surface area contributed by atoms with Gasteiger partial charge in [0.2, 0.25) is 0 Å². The summed E-state index contributed by atoms with van der Waals surface area (Å²) in [7, 11) is 0. The smallest absolute Gasteiger partial charge is 0.130 e. The predicted octanol–water partition coefficient (Wildman–Crippen LogP) is 1.62. The van der Waals surface area contributed by atoms with Crippen LogP contribution >= 0.6 is 0 Å². The van der Waals surface area contributed by atoms with Crippen molar-refractivity contribution in [1.82, 2.24) is 4.98 Å². The number of ether oxygens (including phenoxy) is 1. The van der Waals surface area contributed by atoms with Crippen LogP contribution in [0.5, 0.6) is 5.75 Å². The molecule has 0 bridgehead atoms. The third-order valence-electron chi connectivity index (χ3n) is 1.70. The molecule has 1 aromatic rings. The average molecular weight is 166 g/mol. The van der Waals surface area contributed by atoms with Gasteiger partial charge in [0.15, 0.2) is 0 Å². The summed E-state index contributed by atoms with van der Waals surface area (Å²) >= 11 is 0. The molecule has 0 aliphatic carbocycles. The number of nitrogen functional groups attached to an aromatic ring is 1. The third kappa shape index (κ3) is 1.67. The van der Waals surface area contributed by atoms with Gasteiger partial charge in [-0.2, -0.15) is 0 Å². The van der Waals surface area contributed by atoms with Crippen LogP contribution in [0.25, 0.3) is 0 Å². The molecular weight excluding hydrogens is 152 g/mol. The van der Waals surface area contributed by atoms with Gasteiger partial charge in [-0.1, -0.05) is 6.92 Å². The van der Waals surface area contributed by atoms with E-state index in [0.29, 0.717) is 12.4 Å². The Hall–Kier alpha value is -1.25. The van der Waals surface area contributed by atoms with Crippen molar-refractivity contribution in [3.05, 3.63) is 17.8 Å². The van der Waals surface area contributed by atoms with Gasteiger partial charge in [-0.25, -0.2) is 4.98 Å². The van der Waals surface area contributed by atoms with Crippen molar-refractivity contribution in [2.75, 3.05) is 12.3 Å². The SMILES string of the molecule is CCOc1ccnc(N)c1CC. The minimum absolute atomic E-state index is 0.573. The van der Waals surface area contributed by atoms with Crippen molar-refractivity contribution in [3.63, 3.8) is 0 Å². The first-order chi connectivity index (χ1) is 5.79. The zero-order valence-corrected chi connectivity index (χ0v) is 7.50. The van der Waals surface area contributed by atoms with Crippen LogP contribution in [0.4, 0.5) is 5.82 Å². The first-order valence-corrected chi connectivity index (χ1v) is 4.15. The van der Waals surface area contributed by atoms with E-state index in [1.54, 1.807) is 6.20 Å². The van der Waals surface area contributed by atoms with Crippen LogP contribution < -0.4 is 10.5 Å². The van der Waals surface area contributed by atoms with Crippen molar-refractivity contribution < 1.29 is 4.74 Å². The molecule has 12 heavy (non-hydrogen) atoms. The normalized spacial score (nSPS) is 9.83. The summed E-state index contributed by atoms with van der Waals surface area (Å²) in [6.45, 7) is 4.66. The number of anilines is 1. The number of aromatic nitrogens is 1. The Morgan fingerprint density at radius 3 is 2.83 bits per heavy atom. The number of hydrogen-bond acceptors (Lipinski definition) is 3. The maximum absolute atomic E-state index is 5.67. The molecule has 1 rings (SSSR count). The minimum Gasteiger partial charge on any atom is -0.493 e. The molecule has 3 nitrogen and oxygen atoms in total. The lowest BCUT2D eigenvalue weighted by molar-refractivity contribution is 0.336. The number of nitrogens with two attached hydrogens (primary N) is 1. The molecule has 0 saturated carbocycles. The molecular formula is C9H14N2O. The van der Waals surface area contributed by atoms with Gasteiger partial charge in [0.25, 0.3) is 0 Å². The highest BCUT2D eigenvalue weighted by Crippen LogP contribution is 2.22. The molecule has 0 radical (unpaired) electrons. The molecule has 0 saturated heterocycles. The van der Waals surface area contributed by atoms with Gasteiger partial charge < -0.3 is 10.5 Å². The largest absolute Gasteiger partial charge is 0.493 e. The second-order valence-electron chi connectivity index (χ2n) is 2.46. The van der Waals surface area contributed by atoms with Crippen LogP contribution in [0, 0.1) is 0 Å². The molecule has 1 aromatic heterocycles. The Labute approximate surface area is 72.6 Å². The van der Waals surface area contributed by atoms with Crippen molar-refractivity contribution in [2.45, 2.75) is 20.3 Å². The number of hydrogen-bond donors (Lipinski definition) is 1. The zero-order valence-electron chi connectivity index (χ0n) is 7.50. The van der Waals surface area contributed by atoms with Crippen LogP contribution in [0.2, 0.25) is 0 Å². The van der Waals surface area contributed by atoms with E-state index in [1.807, 2.05) is 19.9 Å². The van der Waals surface area contributed by atoms with E-state index in [1.165, 1.54) is 0 Å². The zero-order chi connectivity index (χ0) is 8.97. The van der Waals surface area contributed by atoms with Gasteiger partial charge in [-0.15, -0.1) is 0 Å². The third-order valence-corrected chi connectivity index (χ3v) is 1.70. The molecule has 0 fully saturated rings. The van der Waals surface area contributed by atoms with Crippen LogP contribution in [-0.4, -0.2) is 11.6 Å². The van der Waals surface area contributed by atoms with E-state index < -0.39 is 0 Å². The van der Waals surface area contributed by atoms with Gasteiger partial charge in [-0.05, 0) is 19.4 Å². The second-order valence-corrected chi connectivity index (χ2v) is 2.46. The quantitative estimate of drug-likeness (QED) is 0.742. The standard InChI is InChI=1S/C9H14N2O/c1-3-7-8(12-4-2)5-6-11-9(7)10/h5-6H,3-4H2,1-2H3,(H2,10,11). The van der Waals surface area contributed by atoms with Crippen LogP contribution in [0.3, 0.4) is 0 Å². The van der Waals surface area contributed by atoms with E-state index in [9.17, 15) is 0 Å².